The van der Waals surface area contributed by atoms with Crippen LogP contribution < -0.4 is 10.6 Å². The van der Waals surface area contributed by atoms with Gasteiger partial charge in [0, 0.05) is 36.2 Å². The third-order valence-electron chi connectivity index (χ3n) is 4.56. The molecule has 1 unspecified atom stereocenters. The van der Waals surface area contributed by atoms with E-state index in [2.05, 4.69) is 51.9 Å². The Morgan fingerprint density at radius 2 is 2.24 bits per heavy atom. The van der Waals surface area contributed by atoms with Crippen LogP contribution in [0.1, 0.15) is 24.5 Å². The Morgan fingerprint density at radius 3 is 2.96 bits per heavy atom. The maximum Gasteiger partial charge on any atom is 0.191 e. The second kappa shape index (κ2) is 7.47. The van der Waals surface area contributed by atoms with Crippen LogP contribution in [0.3, 0.4) is 0 Å². The summed E-state index contributed by atoms with van der Waals surface area (Å²) in [7, 11) is -2.89. The van der Waals surface area contributed by atoms with Gasteiger partial charge in [0.2, 0.25) is 0 Å². The average molecular weight is 362 g/mol. The minimum Gasteiger partial charge on any atom is -0.361 e. The SMILES string of the molecule is CCNC(=NCCc1c[nH]c2cccc(C)c12)NC1CCS(=O)(=O)C1. The van der Waals surface area contributed by atoms with E-state index in [1.165, 1.54) is 16.5 Å². The van der Waals surface area contributed by atoms with Crippen molar-refractivity contribution in [3.05, 3.63) is 35.5 Å². The molecule has 0 radical (unpaired) electrons. The lowest BCUT2D eigenvalue weighted by Gasteiger charge is -2.15. The number of sulfone groups is 1. The highest BCUT2D eigenvalue weighted by Gasteiger charge is 2.28. The smallest absolute Gasteiger partial charge is 0.191 e. The van der Waals surface area contributed by atoms with Crippen molar-refractivity contribution in [2.24, 2.45) is 4.99 Å². The molecule has 2 aromatic rings. The van der Waals surface area contributed by atoms with E-state index in [1.54, 1.807) is 0 Å². The molecule has 6 nitrogen and oxygen atoms in total. The van der Waals surface area contributed by atoms with E-state index in [0.717, 1.165) is 18.5 Å². The molecule has 25 heavy (non-hydrogen) atoms. The fourth-order valence-corrected chi connectivity index (χ4v) is 5.03. The number of aliphatic imine (C=N–C) groups is 1. The van der Waals surface area contributed by atoms with Crippen molar-refractivity contribution in [3.8, 4) is 0 Å². The van der Waals surface area contributed by atoms with Gasteiger partial charge < -0.3 is 15.6 Å². The second-order valence-corrected chi connectivity index (χ2v) is 8.80. The van der Waals surface area contributed by atoms with Gasteiger partial charge in [0.1, 0.15) is 0 Å². The summed E-state index contributed by atoms with van der Waals surface area (Å²) < 4.78 is 23.2. The summed E-state index contributed by atoms with van der Waals surface area (Å²) in [5.41, 5.74) is 3.68. The highest BCUT2D eigenvalue weighted by molar-refractivity contribution is 7.91. The number of fused-ring (bicyclic) bond motifs is 1. The molecule has 1 atom stereocenters. The number of hydrogen-bond acceptors (Lipinski definition) is 3. The lowest BCUT2D eigenvalue weighted by atomic mass is 10.1. The zero-order chi connectivity index (χ0) is 17.9. The van der Waals surface area contributed by atoms with Gasteiger partial charge in [-0.2, -0.15) is 0 Å². The number of aromatic nitrogens is 1. The molecule has 1 aromatic heterocycles. The molecule has 7 heteroatoms. The normalized spacial score (nSPS) is 20.1. The van der Waals surface area contributed by atoms with Crippen LogP contribution in [0, 0.1) is 6.92 Å². The predicted molar refractivity (Wildman–Crippen MR) is 103 cm³/mol. The first-order valence-electron chi connectivity index (χ1n) is 8.79. The van der Waals surface area contributed by atoms with E-state index in [0.29, 0.717) is 18.9 Å². The summed E-state index contributed by atoms with van der Waals surface area (Å²) in [6.45, 7) is 5.52. The number of rotatable bonds is 5. The number of nitrogens with one attached hydrogen (secondary N) is 3. The lowest BCUT2D eigenvalue weighted by molar-refractivity contribution is 0.599. The largest absolute Gasteiger partial charge is 0.361 e. The summed E-state index contributed by atoms with van der Waals surface area (Å²) in [4.78, 5) is 7.94. The van der Waals surface area contributed by atoms with Gasteiger partial charge in [0.25, 0.3) is 0 Å². The van der Waals surface area contributed by atoms with Crippen molar-refractivity contribution in [2.75, 3.05) is 24.6 Å². The molecule has 1 aliphatic rings. The molecule has 0 saturated carbocycles. The summed E-state index contributed by atoms with van der Waals surface area (Å²) in [5, 5.41) is 7.73. The monoisotopic (exact) mass is 362 g/mol. The molecular formula is C18H26N4O2S. The first-order chi connectivity index (χ1) is 12.0. The van der Waals surface area contributed by atoms with E-state index in [-0.39, 0.29) is 17.5 Å². The van der Waals surface area contributed by atoms with Crippen molar-refractivity contribution in [1.82, 2.24) is 15.6 Å². The molecule has 1 fully saturated rings. The predicted octanol–water partition coefficient (Wildman–Crippen LogP) is 1.76. The molecule has 0 spiro atoms. The average Bonchev–Trinajstić information content (AvgIpc) is 3.12. The number of H-pyrrole nitrogens is 1. The van der Waals surface area contributed by atoms with Crippen LogP contribution in [0.2, 0.25) is 0 Å². The fourth-order valence-electron chi connectivity index (χ4n) is 3.36. The van der Waals surface area contributed by atoms with Gasteiger partial charge in [-0.05, 0) is 43.9 Å². The Morgan fingerprint density at radius 1 is 1.40 bits per heavy atom. The highest BCUT2D eigenvalue weighted by atomic mass is 32.2. The maximum absolute atomic E-state index is 11.6. The first-order valence-corrected chi connectivity index (χ1v) is 10.6. The number of nitrogens with zero attached hydrogens (tertiary/aromatic N) is 1. The molecule has 3 rings (SSSR count). The van der Waals surface area contributed by atoms with Crippen molar-refractivity contribution in [1.29, 1.82) is 0 Å². The Balaban J connectivity index is 1.65. The minimum absolute atomic E-state index is 0.0434. The summed E-state index contributed by atoms with van der Waals surface area (Å²) >= 11 is 0. The van der Waals surface area contributed by atoms with Gasteiger partial charge >= 0.3 is 0 Å². The van der Waals surface area contributed by atoms with Crippen LogP contribution in [-0.2, 0) is 16.3 Å². The van der Waals surface area contributed by atoms with Gasteiger partial charge in [-0.25, -0.2) is 8.42 Å². The molecule has 1 saturated heterocycles. The maximum atomic E-state index is 11.6. The van der Waals surface area contributed by atoms with Gasteiger partial charge in [-0.15, -0.1) is 0 Å². The number of benzene rings is 1. The van der Waals surface area contributed by atoms with Crippen LogP contribution in [-0.4, -0.2) is 50.0 Å². The van der Waals surface area contributed by atoms with E-state index < -0.39 is 9.84 Å². The van der Waals surface area contributed by atoms with E-state index >= 15 is 0 Å². The summed E-state index contributed by atoms with van der Waals surface area (Å²) in [5.74, 6) is 1.15. The van der Waals surface area contributed by atoms with Crippen LogP contribution in [0.5, 0.6) is 0 Å². The molecule has 2 heterocycles. The standard InChI is InChI=1S/C18H26N4O2S/c1-3-19-18(22-15-8-10-25(23,24)12-15)20-9-7-14-11-21-16-6-4-5-13(2)17(14)16/h4-6,11,15,21H,3,7-10,12H2,1-2H3,(H2,19,20,22). The van der Waals surface area contributed by atoms with E-state index in [1.807, 2.05) is 6.92 Å². The molecule has 0 bridgehead atoms. The topological polar surface area (TPSA) is 86.3 Å². The molecule has 3 N–H and O–H groups in total. The van der Waals surface area contributed by atoms with Gasteiger partial charge in [-0.1, -0.05) is 12.1 Å². The Kier molecular flexibility index (Phi) is 5.32. The van der Waals surface area contributed by atoms with Gasteiger partial charge in [0.15, 0.2) is 15.8 Å². The quantitative estimate of drug-likeness (QED) is 0.559. The summed E-state index contributed by atoms with van der Waals surface area (Å²) in [6, 6.07) is 6.22. The van der Waals surface area contributed by atoms with E-state index in [9.17, 15) is 8.42 Å². The molecule has 1 aromatic carbocycles. The minimum atomic E-state index is -2.89. The highest BCUT2D eigenvalue weighted by Crippen LogP contribution is 2.22. The number of aromatic amines is 1. The van der Waals surface area contributed by atoms with Crippen LogP contribution in [0.15, 0.2) is 29.4 Å². The Hall–Kier alpha value is -2.02. The van der Waals surface area contributed by atoms with Gasteiger partial charge in [-0.3, -0.25) is 4.99 Å². The molecule has 0 amide bonds. The van der Waals surface area contributed by atoms with Gasteiger partial charge in [0.05, 0.1) is 11.5 Å². The first kappa shape index (κ1) is 17.8. The van der Waals surface area contributed by atoms with Crippen LogP contribution >= 0.6 is 0 Å². The zero-order valence-electron chi connectivity index (χ0n) is 14.8. The van der Waals surface area contributed by atoms with E-state index in [4.69, 9.17) is 0 Å². The Labute approximate surface area is 149 Å². The van der Waals surface area contributed by atoms with Crippen molar-refractivity contribution in [3.63, 3.8) is 0 Å². The number of guanidine groups is 1. The Bertz CT molecular complexity index is 870. The molecule has 1 aliphatic heterocycles. The molecule has 0 aliphatic carbocycles. The van der Waals surface area contributed by atoms with Crippen LogP contribution in [0.4, 0.5) is 0 Å². The fraction of sp³-hybridized carbons (Fsp3) is 0.500. The van der Waals surface area contributed by atoms with Crippen molar-refractivity contribution in [2.45, 2.75) is 32.7 Å². The van der Waals surface area contributed by atoms with Crippen molar-refractivity contribution < 1.29 is 8.42 Å². The zero-order valence-corrected chi connectivity index (χ0v) is 15.6. The number of aryl methyl sites for hydroxylation is 1. The third-order valence-corrected chi connectivity index (χ3v) is 6.33. The molecular weight excluding hydrogens is 336 g/mol. The summed E-state index contributed by atoms with van der Waals surface area (Å²) in [6.07, 6.45) is 3.54. The third kappa shape index (κ3) is 4.34. The lowest BCUT2D eigenvalue weighted by Crippen LogP contribution is -2.44. The van der Waals surface area contributed by atoms with Crippen molar-refractivity contribution >= 4 is 26.7 Å². The number of hydrogen-bond donors (Lipinski definition) is 3. The molecule has 136 valence electrons. The van der Waals surface area contributed by atoms with Crippen LogP contribution in [0.25, 0.3) is 10.9 Å². The second-order valence-electron chi connectivity index (χ2n) is 6.57.